The lowest BCUT2D eigenvalue weighted by Gasteiger charge is -2.34. The first-order valence-corrected chi connectivity index (χ1v) is 8.99. The summed E-state index contributed by atoms with van der Waals surface area (Å²) in [6, 6.07) is 3.93. The quantitative estimate of drug-likeness (QED) is 0.807. The minimum Gasteiger partial charge on any atom is -0.481 e. The first kappa shape index (κ1) is 18.3. The third-order valence-electron chi connectivity index (χ3n) is 4.94. The molecule has 1 unspecified atom stereocenters. The number of carbonyl (C=O) groups is 1. The van der Waals surface area contributed by atoms with E-state index in [0.717, 1.165) is 43.7 Å². The Bertz CT molecular complexity index is 789. The molecule has 1 saturated heterocycles. The summed E-state index contributed by atoms with van der Waals surface area (Å²) in [5.41, 5.74) is 3.93. The zero-order chi connectivity index (χ0) is 18.7. The standard InChI is InChI=1S/C18H25N5O3/c1-3-13-15(23-8-4-5-12(10-23)9-17(25)26)7-6-14(19-13)18-16(11-24)22(2)21-20-18/h6-7,12,24H,3-5,8-11H2,1-2H3,(H,25,26). The van der Waals surface area contributed by atoms with Gasteiger partial charge in [-0.3, -0.25) is 4.79 Å². The van der Waals surface area contributed by atoms with Gasteiger partial charge < -0.3 is 15.1 Å². The molecule has 0 amide bonds. The number of carboxylic acid groups (broad SMARTS) is 1. The average molecular weight is 359 g/mol. The van der Waals surface area contributed by atoms with Crippen LogP contribution in [0, 0.1) is 5.92 Å². The van der Waals surface area contributed by atoms with Crippen molar-refractivity contribution in [1.29, 1.82) is 0 Å². The van der Waals surface area contributed by atoms with Crippen LogP contribution in [0.15, 0.2) is 12.1 Å². The summed E-state index contributed by atoms with van der Waals surface area (Å²) < 4.78 is 1.55. The lowest BCUT2D eigenvalue weighted by molar-refractivity contribution is -0.138. The fourth-order valence-electron chi connectivity index (χ4n) is 3.62. The number of aliphatic hydroxyl groups excluding tert-OH is 1. The summed E-state index contributed by atoms with van der Waals surface area (Å²) in [6.07, 6.45) is 2.91. The van der Waals surface area contributed by atoms with E-state index in [4.69, 9.17) is 10.1 Å². The molecule has 26 heavy (non-hydrogen) atoms. The molecule has 2 aromatic heterocycles. The van der Waals surface area contributed by atoms with Crippen LogP contribution in [0.4, 0.5) is 5.69 Å². The Hall–Kier alpha value is -2.48. The number of anilines is 1. The van der Waals surface area contributed by atoms with Crippen LogP contribution in [-0.4, -0.2) is 49.2 Å². The third kappa shape index (κ3) is 3.70. The third-order valence-corrected chi connectivity index (χ3v) is 4.94. The van der Waals surface area contributed by atoms with Gasteiger partial charge in [0.05, 0.1) is 29.4 Å². The number of nitrogens with zero attached hydrogens (tertiary/aromatic N) is 5. The fourth-order valence-corrected chi connectivity index (χ4v) is 3.62. The Labute approximate surface area is 152 Å². The van der Waals surface area contributed by atoms with Gasteiger partial charge in [-0.2, -0.15) is 0 Å². The largest absolute Gasteiger partial charge is 0.481 e. The zero-order valence-corrected chi connectivity index (χ0v) is 15.2. The van der Waals surface area contributed by atoms with Crippen LogP contribution in [0.1, 0.15) is 37.6 Å². The molecule has 0 spiro atoms. The van der Waals surface area contributed by atoms with Crippen molar-refractivity contribution in [1.82, 2.24) is 20.0 Å². The Kier molecular flexibility index (Phi) is 5.51. The molecular formula is C18H25N5O3. The lowest BCUT2D eigenvalue weighted by Crippen LogP contribution is -2.37. The maximum atomic E-state index is 11.0. The molecule has 1 aliphatic rings. The normalized spacial score (nSPS) is 17.5. The Morgan fingerprint density at radius 3 is 2.88 bits per heavy atom. The second-order valence-electron chi connectivity index (χ2n) is 6.73. The van der Waals surface area contributed by atoms with Gasteiger partial charge in [-0.15, -0.1) is 5.10 Å². The molecular weight excluding hydrogens is 334 g/mol. The van der Waals surface area contributed by atoms with Crippen molar-refractivity contribution in [2.75, 3.05) is 18.0 Å². The van der Waals surface area contributed by atoms with Gasteiger partial charge in [0.15, 0.2) is 0 Å². The van der Waals surface area contributed by atoms with Gasteiger partial charge >= 0.3 is 5.97 Å². The van der Waals surface area contributed by atoms with Gasteiger partial charge in [-0.1, -0.05) is 12.1 Å². The SMILES string of the molecule is CCc1nc(-c2nnn(C)c2CO)ccc1N1CCCC(CC(=O)O)C1. The average Bonchev–Trinajstić information content (AvgIpc) is 3.01. The summed E-state index contributed by atoms with van der Waals surface area (Å²) in [4.78, 5) is 18.0. The summed E-state index contributed by atoms with van der Waals surface area (Å²) in [6.45, 7) is 3.56. The number of pyridine rings is 1. The molecule has 1 aliphatic heterocycles. The number of piperidine rings is 1. The van der Waals surface area contributed by atoms with E-state index in [1.807, 2.05) is 12.1 Å². The van der Waals surface area contributed by atoms with E-state index in [9.17, 15) is 9.90 Å². The minimum absolute atomic E-state index is 0.146. The van der Waals surface area contributed by atoms with Crippen LogP contribution in [0.25, 0.3) is 11.4 Å². The highest BCUT2D eigenvalue weighted by Gasteiger charge is 2.24. The topological polar surface area (TPSA) is 104 Å². The molecule has 140 valence electrons. The second kappa shape index (κ2) is 7.82. The minimum atomic E-state index is -0.736. The van der Waals surface area contributed by atoms with Gasteiger partial charge in [0, 0.05) is 26.6 Å². The lowest BCUT2D eigenvalue weighted by atomic mass is 9.94. The highest BCUT2D eigenvalue weighted by atomic mass is 16.4. The molecule has 0 bridgehead atoms. The van der Waals surface area contributed by atoms with E-state index in [0.29, 0.717) is 17.1 Å². The number of aryl methyl sites for hydroxylation is 2. The summed E-state index contributed by atoms with van der Waals surface area (Å²) >= 11 is 0. The van der Waals surface area contributed by atoms with E-state index in [1.165, 1.54) is 0 Å². The van der Waals surface area contributed by atoms with E-state index in [-0.39, 0.29) is 18.9 Å². The highest BCUT2D eigenvalue weighted by Crippen LogP contribution is 2.30. The first-order chi connectivity index (χ1) is 12.5. The molecule has 2 N–H and O–H groups in total. The Morgan fingerprint density at radius 2 is 2.19 bits per heavy atom. The van der Waals surface area contributed by atoms with Gasteiger partial charge in [-0.25, -0.2) is 9.67 Å². The molecule has 1 fully saturated rings. The predicted octanol–water partition coefficient (Wildman–Crippen LogP) is 1.62. The van der Waals surface area contributed by atoms with Gasteiger partial charge in [0.25, 0.3) is 0 Å². The van der Waals surface area contributed by atoms with Crippen LogP contribution in [0.3, 0.4) is 0 Å². The molecule has 3 heterocycles. The van der Waals surface area contributed by atoms with Crippen LogP contribution in [0.2, 0.25) is 0 Å². The van der Waals surface area contributed by atoms with E-state index in [1.54, 1.807) is 11.7 Å². The van der Waals surface area contributed by atoms with Crippen LogP contribution in [0.5, 0.6) is 0 Å². The molecule has 0 saturated carbocycles. The van der Waals surface area contributed by atoms with Crippen molar-refractivity contribution in [3.8, 4) is 11.4 Å². The molecule has 1 atom stereocenters. The Balaban J connectivity index is 1.88. The number of hydrogen-bond donors (Lipinski definition) is 2. The Morgan fingerprint density at radius 1 is 1.38 bits per heavy atom. The summed E-state index contributed by atoms with van der Waals surface area (Å²) in [5.74, 6) is -0.563. The number of aliphatic hydroxyl groups is 1. The number of carboxylic acids is 1. The molecule has 3 rings (SSSR count). The first-order valence-electron chi connectivity index (χ1n) is 8.99. The number of aliphatic carboxylic acids is 1. The van der Waals surface area contributed by atoms with Crippen molar-refractivity contribution < 1.29 is 15.0 Å². The van der Waals surface area contributed by atoms with E-state index < -0.39 is 5.97 Å². The molecule has 0 aromatic carbocycles. The van der Waals surface area contributed by atoms with Crippen molar-refractivity contribution in [2.24, 2.45) is 13.0 Å². The maximum Gasteiger partial charge on any atom is 0.303 e. The number of hydrogen-bond acceptors (Lipinski definition) is 6. The second-order valence-corrected chi connectivity index (χ2v) is 6.73. The molecule has 8 nitrogen and oxygen atoms in total. The highest BCUT2D eigenvalue weighted by molar-refractivity contribution is 5.67. The van der Waals surface area contributed by atoms with Crippen molar-refractivity contribution >= 4 is 11.7 Å². The van der Waals surface area contributed by atoms with Gasteiger partial charge in [0.2, 0.25) is 0 Å². The molecule has 0 aliphatic carbocycles. The van der Waals surface area contributed by atoms with Crippen molar-refractivity contribution in [3.05, 3.63) is 23.5 Å². The van der Waals surface area contributed by atoms with Crippen LogP contribution in [-0.2, 0) is 24.9 Å². The summed E-state index contributed by atoms with van der Waals surface area (Å²) in [7, 11) is 1.74. The summed E-state index contributed by atoms with van der Waals surface area (Å²) in [5, 5.41) is 26.7. The van der Waals surface area contributed by atoms with Crippen molar-refractivity contribution in [2.45, 2.75) is 39.2 Å². The predicted molar refractivity (Wildman–Crippen MR) is 96.7 cm³/mol. The fraction of sp³-hybridized carbons (Fsp3) is 0.556. The van der Waals surface area contributed by atoms with E-state index >= 15 is 0 Å². The van der Waals surface area contributed by atoms with Gasteiger partial charge in [-0.05, 0) is 37.3 Å². The molecule has 2 aromatic rings. The van der Waals surface area contributed by atoms with Gasteiger partial charge in [0.1, 0.15) is 5.69 Å². The maximum absolute atomic E-state index is 11.0. The number of rotatable bonds is 6. The number of aromatic nitrogens is 4. The monoisotopic (exact) mass is 359 g/mol. The van der Waals surface area contributed by atoms with Crippen LogP contribution >= 0.6 is 0 Å². The molecule has 0 radical (unpaired) electrons. The van der Waals surface area contributed by atoms with E-state index in [2.05, 4.69) is 22.1 Å². The zero-order valence-electron chi connectivity index (χ0n) is 15.2. The van der Waals surface area contributed by atoms with Crippen molar-refractivity contribution in [3.63, 3.8) is 0 Å². The van der Waals surface area contributed by atoms with Crippen LogP contribution < -0.4 is 4.90 Å². The molecule has 8 heteroatoms. The smallest absolute Gasteiger partial charge is 0.303 e.